The molecular weight excluding hydrogens is 727 g/mol. The average Bonchev–Trinajstić information content (AvgIpc) is 3.72. The largest absolute Gasteiger partial charge is 0.184 e. The van der Waals surface area contributed by atoms with Crippen LogP contribution < -0.4 is 0 Å². The van der Waals surface area contributed by atoms with Gasteiger partial charge in [-0.1, -0.05) is 108 Å². The van der Waals surface area contributed by atoms with Gasteiger partial charge in [0, 0.05) is 0 Å². The molecule has 0 aliphatic heterocycles. The SMILES string of the molecule is CC1=C[CH-]C(C)(C)c2cc3c(cc21)-c1cc2c(cc1C3)C(C)(C)CC=C2C.CCC1[C-]=CC(C(C)(C)C)=C1.Cl.Cl.[CH2-]C.[CH2]=[Zr].[c-]1ccccc1. The van der Waals surface area contributed by atoms with Gasteiger partial charge in [0.2, 0.25) is 0 Å². The molecule has 3 aromatic rings. The number of rotatable bonds is 1. The Hall–Kier alpha value is -2.18. The van der Waals surface area contributed by atoms with Crippen LogP contribution in [0.4, 0.5) is 0 Å². The molecule has 1 unspecified atom stereocenters. The van der Waals surface area contributed by atoms with Crippen molar-refractivity contribution in [2.75, 3.05) is 0 Å². The molecule has 4 aliphatic carbocycles. The summed E-state index contributed by atoms with van der Waals surface area (Å²) >= 11 is 1.30. The number of hydrogen-bond acceptors (Lipinski definition) is 0. The minimum absolute atomic E-state index is 0. The third-order valence-corrected chi connectivity index (χ3v) is 9.85. The molecular formula is C47H60Cl2Zr-4. The second-order valence-electron chi connectivity index (χ2n) is 15.3. The van der Waals surface area contributed by atoms with Crippen LogP contribution in [0.15, 0.2) is 84.5 Å². The Bertz CT molecular complexity index is 1560. The van der Waals surface area contributed by atoms with Gasteiger partial charge in [0.15, 0.2) is 0 Å². The molecule has 0 heterocycles. The minimum atomic E-state index is 0. The number of fused-ring (bicyclic) bond motifs is 5. The van der Waals surface area contributed by atoms with Crippen molar-refractivity contribution in [2.24, 2.45) is 11.3 Å². The fourth-order valence-corrected chi connectivity index (χ4v) is 6.73. The number of allylic oxidation sites excluding steroid dienone is 8. The van der Waals surface area contributed by atoms with Gasteiger partial charge in [0.25, 0.3) is 0 Å². The van der Waals surface area contributed by atoms with E-state index in [4.69, 9.17) is 0 Å². The van der Waals surface area contributed by atoms with Crippen molar-refractivity contribution in [3.05, 3.63) is 143 Å². The minimum Gasteiger partial charge on any atom is -0.184 e. The van der Waals surface area contributed by atoms with E-state index in [2.05, 4.69) is 148 Å². The van der Waals surface area contributed by atoms with Gasteiger partial charge < -0.3 is 6.92 Å². The summed E-state index contributed by atoms with van der Waals surface area (Å²) in [6, 6.07) is 22.5. The molecule has 7 rings (SSSR count). The molecule has 3 aromatic carbocycles. The molecule has 0 bridgehead atoms. The van der Waals surface area contributed by atoms with E-state index in [9.17, 15) is 0 Å². The van der Waals surface area contributed by atoms with Crippen LogP contribution >= 0.6 is 24.8 Å². The van der Waals surface area contributed by atoms with E-state index in [0.29, 0.717) is 11.3 Å². The fourth-order valence-electron chi connectivity index (χ4n) is 6.73. The van der Waals surface area contributed by atoms with Gasteiger partial charge in [0.05, 0.1) is 0 Å². The molecule has 0 spiro atoms. The third-order valence-electron chi connectivity index (χ3n) is 9.85. The fraction of sp³-hybridized carbons (Fsp3) is 0.383. The maximum Gasteiger partial charge on any atom is -0.171 e. The number of benzene rings is 3. The van der Waals surface area contributed by atoms with E-state index in [1.165, 1.54) is 91.9 Å². The van der Waals surface area contributed by atoms with E-state index in [1.807, 2.05) is 30.3 Å². The van der Waals surface area contributed by atoms with Gasteiger partial charge in [-0.05, 0) is 70.2 Å². The molecule has 0 nitrogen and oxygen atoms in total. The van der Waals surface area contributed by atoms with Crippen molar-refractivity contribution in [1.82, 2.24) is 0 Å². The predicted molar refractivity (Wildman–Crippen MR) is 224 cm³/mol. The maximum absolute atomic E-state index is 3.35. The Kier molecular flexibility index (Phi) is 18.0. The first-order valence-electron chi connectivity index (χ1n) is 17.6. The summed E-state index contributed by atoms with van der Waals surface area (Å²) in [6.45, 7) is 27.9. The van der Waals surface area contributed by atoms with Crippen LogP contribution in [-0.4, -0.2) is 4.21 Å². The molecule has 270 valence electrons. The van der Waals surface area contributed by atoms with Gasteiger partial charge in [-0.25, -0.2) is 18.6 Å². The number of hydrogen-bond donors (Lipinski definition) is 0. The summed E-state index contributed by atoms with van der Waals surface area (Å²) in [5, 5.41) is 0. The van der Waals surface area contributed by atoms with E-state index in [0.717, 1.165) is 12.8 Å². The van der Waals surface area contributed by atoms with Gasteiger partial charge >= 0.3 is 28.4 Å². The quantitative estimate of drug-likeness (QED) is 0.169. The first-order chi connectivity index (χ1) is 22.7. The smallest absolute Gasteiger partial charge is 0.171 e. The van der Waals surface area contributed by atoms with Crippen LogP contribution in [-0.2, 0) is 41.5 Å². The molecule has 0 aromatic heterocycles. The first kappa shape index (κ1) is 45.8. The molecule has 0 saturated carbocycles. The van der Waals surface area contributed by atoms with Crippen molar-refractivity contribution in [3.8, 4) is 11.1 Å². The van der Waals surface area contributed by atoms with E-state index in [-0.39, 0.29) is 35.6 Å². The molecule has 0 radical (unpaired) electrons. The third kappa shape index (κ3) is 10.7. The molecule has 4 aliphatic rings. The Labute approximate surface area is 334 Å². The van der Waals surface area contributed by atoms with E-state index < -0.39 is 0 Å². The van der Waals surface area contributed by atoms with Gasteiger partial charge in [0.1, 0.15) is 0 Å². The molecule has 0 N–H and O–H groups in total. The zero-order valence-electron chi connectivity index (χ0n) is 32.5. The van der Waals surface area contributed by atoms with Crippen molar-refractivity contribution in [3.63, 3.8) is 0 Å². The summed E-state index contributed by atoms with van der Waals surface area (Å²) in [5.41, 5.74) is 16.7. The van der Waals surface area contributed by atoms with Gasteiger partial charge in [-0.3, -0.25) is 6.08 Å². The first-order valence-corrected chi connectivity index (χ1v) is 19.3. The van der Waals surface area contributed by atoms with Crippen LogP contribution in [0.25, 0.3) is 22.3 Å². The summed E-state index contributed by atoms with van der Waals surface area (Å²) in [5.74, 6) is 0.573. The zero-order chi connectivity index (χ0) is 35.9. The summed E-state index contributed by atoms with van der Waals surface area (Å²) in [4.78, 5) is 0. The van der Waals surface area contributed by atoms with Crippen LogP contribution in [0.1, 0.15) is 122 Å². The van der Waals surface area contributed by atoms with Crippen molar-refractivity contribution >= 4 is 40.2 Å². The Balaban J connectivity index is 0.000000452. The molecule has 50 heavy (non-hydrogen) atoms. The second kappa shape index (κ2) is 19.6. The zero-order valence-corrected chi connectivity index (χ0v) is 36.6. The van der Waals surface area contributed by atoms with Crippen LogP contribution in [0.5, 0.6) is 0 Å². The standard InChI is InChI=1S/C27H29.C11H17.C6H5.C2H5.CH2.2ClH.Zr/c1-16-7-9-26(3,4)24-12-18-11-19-13-25-21(17(2)8-10-27(25,5)6)15-23(19)22(18)14-20(16)24;1-5-9-6-7-10(8-9)11(2,3)4;1-2-4-6-5-3-1;1-2;;;;/h7-9,12-15H,10-11H2,1-6H3;7-9H,5H2,1-4H3;1-5H;1H2,2H3;1H2;2*1H;/q4*-1;;;;. The van der Waals surface area contributed by atoms with Gasteiger partial charge in [-0.15, -0.1) is 37.3 Å². The summed E-state index contributed by atoms with van der Waals surface area (Å²) in [7, 11) is 0. The van der Waals surface area contributed by atoms with Crippen molar-refractivity contribution in [1.29, 1.82) is 0 Å². The predicted octanol–water partition coefficient (Wildman–Crippen LogP) is 13.7. The second-order valence-corrected chi connectivity index (χ2v) is 15.3. The van der Waals surface area contributed by atoms with Crippen molar-refractivity contribution < 1.29 is 24.2 Å². The molecule has 1 atom stereocenters. The van der Waals surface area contributed by atoms with Crippen LogP contribution in [0.2, 0.25) is 0 Å². The Morgan fingerprint density at radius 2 is 1.38 bits per heavy atom. The molecule has 0 saturated heterocycles. The Morgan fingerprint density at radius 3 is 1.82 bits per heavy atom. The van der Waals surface area contributed by atoms with E-state index in [1.54, 1.807) is 6.92 Å². The summed E-state index contributed by atoms with van der Waals surface area (Å²) in [6.07, 6.45) is 18.3. The molecule has 3 heteroatoms. The van der Waals surface area contributed by atoms with Crippen LogP contribution in [0, 0.1) is 36.8 Å². The van der Waals surface area contributed by atoms with Gasteiger partial charge in [-0.2, -0.15) is 60.5 Å². The Morgan fingerprint density at radius 1 is 0.840 bits per heavy atom. The van der Waals surface area contributed by atoms with Crippen molar-refractivity contribution in [2.45, 2.75) is 106 Å². The van der Waals surface area contributed by atoms with E-state index >= 15 is 0 Å². The molecule has 0 amide bonds. The normalized spacial score (nSPS) is 17.5. The summed E-state index contributed by atoms with van der Waals surface area (Å²) < 4.78 is 3.34. The topological polar surface area (TPSA) is 0 Å². The average molecular weight is 787 g/mol. The molecule has 0 fully saturated rings. The van der Waals surface area contributed by atoms with Crippen LogP contribution in [0.3, 0.4) is 0 Å². The number of halogens is 2. The maximum atomic E-state index is 3.35. The monoisotopic (exact) mass is 784 g/mol.